The molecule has 0 saturated carbocycles. The van der Waals surface area contributed by atoms with Crippen LogP contribution in [-0.4, -0.2) is 48.4 Å². The van der Waals surface area contributed by atoms with Crippen LogP contribution < -0.4 is 0 Å². The van der Waals surface area contributed by atoms with E-state index in [0.717, 1.165) is 55.3 Å². The first-order chi connectivity index (χ1) is 17.0. The molecule has 0 spiro atoms. The summed E-state index contributed by atoms with van der Waals surface area (Å²) in [6.07, 6.45) is 0.747. The second-order valence-electron chi connectivity index (χ2n) is 9.34. The van der Waals surface area contributed by atoms with Crippen molar-refractivity contribution in [2.45, 2.75) is 38.9 Å². The maximum atomic E-state index is 13.3. The molecular formula is C30H35ClN2O2. The number of rotatable bonds is 9. The van der Waals surface area contributed by atoms with E-state index >= 15 is 0 Å². The van der Waals surface area contributed by atoms with Crippen LogP contribution in [0.4, 0.5) is 0 Å². The van der Waals surface area contributed by atoms with Gasteiger partial charge in [0.25, 0.3) is 0 Å². The van der Waals surface area contributed by atoms with E-state index in [4.69, 9.17) is 16.3 Å². The van der Waals surface area contributed by atoms with E-state index in [1.165, 1.54) is 11.1 Å². The summed E-state index contributed by atoms with van der Waals surface area (Å²) in [6, 6.07) is 26.5. The van der Waals surface area contributed by atoms with Gasteiger partial charge in [-0.15, -0.1) is 0 Å². The Balaban J connectivity index is 1.38. The normalized spacial score (nSPS) is 16.1. The van der Waals surface area contributed by atoms with Crippen molar-refractivity contribution in [2.75, 3.05) is 32.7 Å². The number of halogens is 1. The highest BCUT2D eigenvalue weighted by atomic mass is 35.5. The highest BCUT2D eigenvalue weighted by Crippen LogP contribution is 2.25. The number of hydrogen-bond acceptors (Lipinski definition) is 3. The van der Waals surface area contributed by atoms with Crippen molar-refractivity contribution in [2.24, 2.45) is 0 Å². The molecule has 5 heteroatoms. The van der Waals surface area contributed by atoms with Crippen LogP contribution in [0.2, 0.25) is 5.02 Å². The number of carbonyl (C=O) groups is 1. The first-order valence-corrected chi connectivity index (χ1v) is 12.9. The first-order valence-electron chi connectivity index (χ1n) is 12.5. The quantitative estimate of drug-likeness (QED) is 0.355. The third-order valence-electron chi connectivity index (χ3n) is 6.79. The molecule has 1 fully saturated rings. The SMILES string of the molecule is CC[C@@H](C(=O)N1CCN(C[C@H](OCc2cccc(C)c2)c2ccc(Cl)cc2)CC1)c1ccccc1. The zero-order valence-electron chi connectivity index (χ0n) is 20.7. The standard InChI is InChI=1S/C30H35ClN2O2/c1-3-28(25-10-5-4-6-11-25)30(34)33-18-16-32(17-19-33)21-29(26-12-14-27(31)15-13-26)35-22-24-9-7-8-23(2)20-24/h4-15,20,28-29H,3,16-19,21-22H2,1-2H3/t28-,29+/m1/s1. The minimum absolute atomic E-state index is 0.0669. The number of benzene rings is 3. The molecule has 35 heavy (non-hydrogen) atoms. The van der Waals surface area contributed by atoms with Crippen molar-refractivity contribution < 1.29 is 9.53 Å². The molecule has 0 N–H and O–H groups in total. The molecule has 1 aliphatic rings. The summed E-state index contributed by atoms with van der Waals surface area (Å²) in [5.74, 6) is 0.172. The minimum atomic E-state index is -0.0674. The molecule has 1 amide bonds. The number of aryl methyl sites for hydroxylation is 1. The molecule has 0 radical (unpaired) electrons. The lowest BCUT2D eigenvalue weighted by Gasteiger charge is -2.38. The van der Waals surface area contributed by atoms with Crippen LogP contribution in [0.3, 0.4) is 0 Å². The minimum Gasteiger partial charge on any atom is -0.368 e. The molecule has 1 heterocycles. The van der Waals surface area contributed by atoms with Crippen molar-refractivity contribution >= 4 is 17.5 Å². The molecule has 0 unspecified atom stereocenters. The van der Waals surface area contributed by atoms with Gasteiger partial charge in [0.1, 0.15) is 0 Å². The van der Waals surface area contributed by atoms with Gasteiger partial charge in [-0.05, 0) is 42.2 Å². The van der Waals surface area contributed by atoms with Gasteiger partial charge in [-0.25, -0.2) is 0 Å². The van der Waals surface area contributed by atoms with Gasteiger partial charge in [0.2, 0.25) is 5.91 Å². The first kappa shape index (κ1) is 25.4. The molecule has 1 aliphatic heterocycles. The highest BCUT2D eigenvalue weighted by Gasteiger charge is 2.28. The fourth-order valence-corrected chi connectivity index (χ4v) is 4.90. The van der Waals surface area contributed by atoms with E-state index in [0.29, 0.717) is 6.61 Å². The van der Waals surface area contributed by atoms with Gasteiger partial charge in [-0.2, -0.15) is 0 Å². The Morgan fingerprint density at radius 1 is 0.914 bits per heavy atom. The summed E-state index contributed by atoms with van der Waals surface area (Å²) < 4.78 is 6.43. The van der Waals surface area contributed by atoms with Crippen LogP contribution in [-0.2, 0) is 16.1 Å². The van der Waals surface area contributed by atoms with Gasteiger partial charge in [0.05, 0.1) is 18.6 Å². The number of ether oxygens (including phenoxy) is 1. The predicted molar refractivity (Wildman–Crippen MR) is 143 cm³/mol. The average molecular weight is 491 g/mol. The van der Waals surface area contributed by atoms with Crippen LogP contribution in [0.5, 0.6) is 0 Å². The van der Waals surface area contributed by atoms with Crippen LogP contribution in [0.1, 0.15) is 47.6 Å². The fourth-order valence-electron chi connectivity index (χ4n) is 4.77. The number of nitrogens with zero attached hydrogens (tertiary/aromatic N) is 2. The maximum absolute atomic E-state index is 13.3. The molecule has 184 valence electrons. The molecule has 2 atom stereocenters. The second kappa shape index (κ2) is 12.3. The predicted octanol–water partition coefficient (Wildman–Crippen LogP) is 6.24. The molecule has 0 aliphatic carbocycles. The molecule has 0 aromatic heterocycles. The van der Waals surface area contributed by atoms with E-state index in [1.807, 2.05) is 35.2 Å². The Labute approximate surface area is 214 Å². The van der Waals surface area contributed by atoms with Crippen molar-refractivity contribution in [3.63, 3.8) is 0 Å². The van der Waals surface area contributed by atoms with Crippen molar-refractivity contribution in [1.29, 1.82) is 0 Å². The molecule has 4 nitrogen and oxygen atoms in total. The Morgan fingerprint density at radius 3 is 2.29 bits per heavy atom. The van der Waals surface area contributed by atoms with Crippen molar-refractivity contribution in [1.82, 2.24) is 9.80 Å². The topological polar surface area (TPSA) is 32.8 Å². The van der Waals surface area contributed by atoms with E-state index in [1.54, 1.807) is 0 Å². The summed E-state index contributed by atoms with van der Waals surface area (Å²) in [5, 5.41) is 0.724. The van der Waals surface area contributed by atoms with E-state index in [2.05, 4.69) is 67.3 Å². The van der Waals surface area contributed by atoms with Gasteiger partial charge < -0.3 is 9.64 Å². The summed E-state index contributed by atoms with van der Waals surface area (Å²) >= 11 is 6.14. The van der Waals surface area contributed by atoms with Crippen LogP contribution in [0.15, 0.2) is 78.9 Å². The summed E-state index contributed by atoms with van der Waals surface area (Å²) in [4.78, 5) is 17.7. The van der Waals surface area contributed by atoms with Gasteiger partial charge in [-0.1, -0.05) is 90.8 Å². The molecule has 0 bridgehead atoms. The van der Waals surface area contributed by atoms with E-state index < -0.39 is 0 Å². The molecule has 1 saturated heterocycles. The van der Waals surface area contributed by atoms with Gasteiger partial charge >= 0.3 is 0 Å². The smallest absolute Gasteiger partial charge is 0.230 e. The lowest BCUT2D eigenvalue weighted by Crippen LogP contribution is -2.50. The molecular weight excluding hydrogens is 456 g/mol. The third-order valence-corrected chi connectivity index (χ3v) is 7.04. The van der Waals surface area contributed by atoms with Crippen LogP contribution in [0.25, 0.3) is 0 Å². The van der Waals surface area contributed by atoms with Crippen molar-refractivity contribution in [3.05, 3.63) is 106 Å². The molecule has 3 aromatic rings. The number of piperazine rings is 1. The van der Waals surface area contributed by atoms with Gasteiger partial charge in [-0.3, -0.25) is 9.69 Å². The fraction of sp³-hybridized carbons (Fsp3) is 0.367. The highest BCUT2D eigenvalue weighted by molar-refractivity contribution is 6.30. The molecule has 4 rings (SSSR count). The third kappa shape index (κ3) is 6.94. The zero-order chi connectivity index (χ0) is 24.6. The summed E-state index contributed by atoms with van der Waals surface area (Å²) in [7, 11) is 0. The Morgan fingerprint density at radius 2 is 1.63 bits per heavy atom. The lowest BCUT2D eigenvalue weighted by atomic mass is 9.95. The summed E-state index contributed by atoms with van der Waals surface area (Å²) in [5.41, 5.74) is 4.63. The number of amides is 1. The molecule has 3 aromatic carbocycles. The van der Waals surface area contributed by atoms with E-state index in [-0.39, 0.29) is 17.9 Å². The maximum Gasteiger partial charge on any atom is 0.230 e. The largest absolute Gasteiger partial charge is 0.368 e. The number of hydrogen-bond donors (Lipinski definition) is 0. The van der Waals surface area contributed by atoms with Crippen molar-refractivity contribution in [3.8, 4) is 0 Å². The Bertz CT molecular complexity index is 1080. The number of carbonyl (C=O) groups excluding carboxylic acids is 1. The lowest BCUT2D eigenvalue weighted by molar-refractivity contribution is -0.135. The van der Waals surface area contributed by atoms with Crippen LogP contribution in [0, 0.1) is 6.92 Å². The van der Waals surface area contributed by atoms with Gasteiger partial charge in [0.15, 0.2) is 0 Å². The Kier molecular flexibility index (Phi) is 8.97. The van der Waals surface area contributed by atoms with E-state index in [9.17, 15) is 4.79 Å². The average Bonchev–Trinajstić information content (AvgIpc) is 2.88. The summed E-state index contributed by atoms with van der Waals surface area (Å²) in [6.45, 7) is 8.70. The zero-order valence-corrected chi connectivity index (χ0v) is 21.5. The Hall–Kier alpha value is -2.66. The van der Waals surface area contributed by atoms with Crippen LogP contribution >= 0.6 is 11.6 Å². The monoisotopic (exact) mass is 490 g/mol. The van der Waals surface area contributed by atoms with Gasteiger partial charge in [0, 0.05) is 37.7 Å². The second-order valence-corrected chi connectivity index (χ2v) is 9.77.